The number of aryl methyl sites for hydroxylation is 1. The number of hydrogen-bond donors (Lipinski definition) is 1. The number of anilines is 2. The zero-order valence-electron chi connectivity index (χ0n) is 18.0. The molecular weight excluding hydrogens is 436 g/mol. The van der Waals surface area contributed by atoms with Crippen molar-refractivity contribution in [1.29, 1.82) is 0 Å². The first-order valence-electron chi connectivity index (χ1n) is 10.1. The quantitative estimate of drug-likeness (QED) is 0.627. The van der Waals surface area contributed by atoms with Crippen LogP contribution in [0.15, 0.2) is 36.5 Å². The Hall–Kier alpha value is -3.04. The molecule has 3 aromatic rings. The van der Waals surface area contributed by atoms with Crippen LogP contribution in [0.5, 0.6) is 0 Å². The lowest BCUT2D eigenvalue weighted by Gasteiger charge is -2.35. The van der Waals surface area contributed by atoms with Crippen LogP contribution in [0.1, 0.15) is 17.0 Å². The molecule has 0 saturated carbocycles. The Morgan fingerprint density at radius 2 is 1.69 bits per heavy atom. The van der Waals surface area contributed by atoms with E-state index < -0.39 is 11.6 Å². The Morgan fingerprint density at radius 3 is 2.34 bits per heavy atom. The number of nitrogens with zero attached hydrogens (tertiary/aromatic N) is 6. The second-order valence-corrected chi connectivity index (χ2v) is 7.64. The van der Waals surface area contributed by atoms with E-state index in [4.69, 9.17) is 5.73 Å². The van der Waals surface area contributed by atoms with E-state index in [0.717, 1.165) is 55.7 Å². The summed E-state index contributed by atoms with van der Waals surface area (Å²) in [7, 11) is 0. The van der Waals surface area contributed by atoms with Gasteiger partial charge in [-0.15, -0.1) is 12.4 Å². The van der Waals surface area contributed by atoms with Crippen LogP contribution in [0.3, 0.4) is 0 Å². The first-order chi connectivity index (χ1) is 14.9. The van der Waals surface area contributed by atoms with Gasteiger partial charge < -0.3 is 10.6 Å². The largest absolute Gasteiger partial charge is 0.369 e. The molecule has 0 spiro atoms. The number of benzene rings is 1. The summed E-state index contributed by atoms with van der Waals surface area (Å²) in [5, 5.41) is 4.43. The summed E-state index contributed by atoms with van der Waals surface area (Å²) in [6.07, 6.45) is 5.95. The van der Waals surface area contributed by atoms with Gasteiger partial charge in [0.15, 0.2) is 5.82 Å². The van der Waals surface area contributed by atoms with Gasteiger partial charge in [0, 0.05) is 61.8 Å². The van der Waals surface area contributed by atoms with Crippen LogP contribution in [-0.2, 0) is 0 Å². The molecule has 10 heteroatoms. The smallest absolute Gasteiger partial charge is 0.222 e. The molecule has 32 heavy (non-hydrogen) atoms. The van der Waals surface area contributed by atoms with Crippen molar-refractivity contribution in [2.24, 2.45) is 0 Å². The molecule has 0 atom stereocenters. The first-order valence-corrected chi connectivity index (χ1v) is 10.1. The van der Waals surface area contributed by atoms with Crippen LogP contribution in [0, 0.1) is 25.5 Å². The Bertz CT molecular complexity index is 1070. The lowest BCUT2D eigenvalue weighted by Crippen LogP contribution is -2.46. The highest BCUT2D eigenvalue weighted by Crippen LogP contribution is 2.20. The fourth-order valence-corrected chi connectivity index (χ4v) is 3.74. The van der Waals surface area contributed by atoms with E-state index in [2.05, 4.69) is 26.0 Å². The summed E-state index contributed by atoms with van der Waals surface area (Å²) in [6.45, 7) is 7.73. The third-order valence-corrected chi connectivity index (χ3v) is 5.37. The molecule has 0 bridgehead atoms. The van der Waals surface area contributed by atoms with E-state index in [1.54, 1.807) is 10.9 Å². The third kappa shape index (κ3) is 5.41. The number of nitrogen functional groups attached to an aromatic ring is 1. The number of aromatic nitrogens is 4. The van der Waals surface area contributed by atoms with Crippen LogP contribution < -0.4 is 10.6 Å². The SMILES string of the molecule is Cc1cc(-n2ncc(/C=C/CN3CCN(c4cc(F)cc(F)c4)CC3)c2C)nc(N)n1.Cl. The summed E-state index contributed by atoms with van der Waals surface area (Å²) in [5.74, 6) is -0.221. The summed E-state index contributed by atoms with van der Waals surface area (Å²) in [4.78, 5) is 12.7. The second-order valence-electron chi connectivity index (χ2n) is 7.64. The van der Waals surface area contributed by atoms with E-state index in [1.807, 2.05) is 30.9 Å². The summed E-state index contributed by atoms with van der Waals surface area (Å²) < 4.78 is 28.7. The Balaban J connectivity index is 0.00000289. The van der Waals surface area contributed by atoms with Crippen molar-refractivity contribution in [3.8, 4) is 5.82 Å². The lowest BCUT2D eigenvalue weighted by atomic mass is 10.2. The topological polar surface area (TPSA) is 76.1 Å². The van der Waals surface area contributed by atoms with Crippen molar-refractivity contribution in [2.45, 2.75) is 13.8 Å². The monoisotopic (exact) mass is 461 g/mol. The van der Waals surface area contributed by atoms with Gasteiger partial charge in [-0.3, -0.25) is 4.90 Å². The van der Waals surface area contributed by atoms with E-state index in [1.165, 1.54) is 12.1 Å². The van der Waals surface area contributed by atoms with E-state index >= 15 is 0 Å². The normalized spacial score (nSPS) is 14.7. The van der Waals surface area contributed by atoms with Gasteiger partial charge in [-0.1, -0.05) is 12.2 Å². The highest BCUT2D eigenvalue weighted by atomic mass is 35.5. The van der Waals surface area contributed by atoms with Gasteiger partial charge >= 0.3 is 0 Å². The lowest BCUT2D eigenvalue weighted by molar-refractivity contribution is 0.284. The zero-order valence-corrected chi connectivity index (χ0v) is 18.8. The van der Waals surface area contributed by atoms with Crippen molar-refractivity contribution in [2.75, 3.05) is 43.4 Å². The maximum atomic E-state index is 13.5. The molecular formula is C22H26ClF2N7. The molecule has 1 aliphatic heterocycles. The van der Waals surface area contributed by atoms with Crippen molar-refractivity contribution < 1.29 is 8.78 Å². The molecule has 1 saturated heterocycles. The summed E-state index contributed by atoms with van der Waals surface area (Å²) in [6, 6.07) is 5.50. The summed E-state index contributed by atoms with van der Waals surface area (Å²) >= 11 is 0. The molecule has 3 heterocycles. The molecule has 170 valence electrons. The number of rotatable bonds is 5. The fraction of sp³-hybridized carbons (Fsp3) is 0.318. The molecule has 1 fully saturated rings. The maximum absolute atomic E-state index is 13.5. The van der Waals surface area contributed by atoms with Crippen LogP contribution in [0.2, 0.25) is 0 Å². The van der Waals surface area contributed by atoms with Crippen LogP contribution >= 0.6 is 12.4 Å². The van der Waals surface area contributed by atoms with E-state index in [0.29, 0.717) is 11.5 Å². The molecule has 0 unspecified atom stereocenters. The molecule has 1 aliphatic rings. The Kier molecular flexibility index (Phi) is 7.42. The predicted octanol–water partition coefficient (Wildman–Crippen LogP) is 3.40. The molecule has 0 amide bonds. The standard InChI is InChI=1S/C22H25F2N7.ClH/c1-15-10-21(28-22(25)27-15)31-16(2)17(14-26-31)4-3-5-29-6-8-30(9-7-29)20-12-18(23)11-19(24)13-20;/h3-4,10-14H,5-9H2,1-2H3,(H2,25,27,28);1H/b4-3+;. The van der Waals surface area contributed by atoms with Crippen molar-refractivity contribution in [3.05, 3.63) is 65.1 Å². The predicted molar refractivity (Wildman–Crippen MR) is 124 cm³/mol. The Labute approximate surface area is 192 Å². The van der Waals surface area contributed by atoms with Crippen LogP contribution in [0.25, 0.3) is 11.9 Å². The van der Waals surface area contributed by atoms with Gasteiger partial charge in [-0.05, 0) is 26.0 Å². The van der Waals surface area contributed by atoms with Gasteiger partial charge in [0.2, 0.25) is 5.95 Å². The Morgan fingerprint density at radius 1 is 1.00 bits per heavy atom. The minimum Gasteiger partial charge on any atom is -0.369 e. The number of nitrogens with two attached hydrogens (primary N) is 1. The molecule has 0 radical (unpaired) electrons. The molecule has 1 aromatic carbocycles. The van der Waals surface area contributed by atoms with Gasteiger partial charge in [0.25, 0.3) is 0 Å². The first kappa shape index (κ1) is 23.6. The highest BCUT2D eigenvalue weighted by Gasteiger charge is 2.17. The second kappa shape index (κ2) is 10.1. The fourth-order valence-electron chi connectivity index (χ4n) is 3.74. The zero-order chi connectivity index (χ0) is 22.0. The number of halogens is 3. The maximum Gasteiger partial charge on any atom is 0.222 e. The van der Waals surface area contributed by atoms with E-state index in [9.17, 15) is 8.78 Å². The minimum absolute atomic E-state index is 0. The molecule has 2 N–H and O–H groups in total. The van der Waals surface area contributed by atoms with Crippen molar-refractivity contribution in [3.63, 3.8) is 0 Å². The van der Waals surface area contributed by atoms with Gasteiger partial charge in [-0.2, -0.15) is 10.1 Å². The molecule has 7 nitrogen and oxygen atoms in total. The summed E-state index contributed by atoms with van der Waals surface area (Å²) in [5.41, 5.74) is 9.10. The number of hydrogen-bond acceptors (Lipinski definition) is 6. The van der Waals surface area contributed by atoms with Crippen LogP contribution in [-0.4, -0.2) is 57.4 Å². The van der Waals surface area contributed by atoms with E-state index in [-0.39, 0.29) is 18.4 Å². The molecule has 0 aliphatic carbocycles. The van der Waals surface area contributed by atoms with Crippen molar-refractivity contribution >= 4 is 30.1 Å². The average molecular weight is 462 g/mol. The van der Waals surface area contributed by atoms with Gasteiger partial charge in [0.05, 0.1) is 11.9 Å². The van der Waals surface area contributed by atoms with Gasteiger partial charge in [0.1, 0.15) is 11.6 Å². The molecule has 2 aromatic heterocycles. The van der Waals surface area contributed by atoms with Crippen LogP contribution in [0.4, 0.5) is 20.4 Å². The number of piperazine rings is 1. The average Bonchev–Trinajstić information content (AvgIpc) is 3.07. The van der Waals surface area contributed by atoms with Crippen molar-refractivity contribution in [1.82, 2.24) is 24.6 Å². The molecule has 4 rings (SSSR count). The minimum atomic E-state index is -0.545. The third-order valence-electron chi connectivity index (χ3n) is 5.37. The van der Waals surface area contributed by atoms with Gasteiger partial charge in [-0.25, -0.2) is 18.4 Å². The highest BCUT2D eigenvalue weighted by molar-refractivity contribution is 5.85.